The van der Waals surface area contributed by atoms with Gasteiger partial charge in [-0.15, -0.1) is 0 Å². The first-order valence-corrected chi connectivity index (χ1v) is 32.6. The molecule has 0 amide bonds. The second-order valence-electron chi connectivity index (χ2n) is 30.6. The lowest BCUT2D eigenvalue weighted by Gasteiger charge is -2.53. The fourth-order valence-electron chi connectivity index (χ4n) is 16.7. The van der Waals surface area contributed by atoms with Gasteiger partial charge in [0.2, 0.25) is 0 Å². The maximum atomic E-state index is 2.88. The molecule has 3 nitrogen and oxygen atoms in total. The molecule has 0 spiro atoms. The number of hydrogen-bond donors (Lipinski definition) is 0. The molecule has 0 bridgehead atoms. The molecule has 3 aliphatic heterocycles. The first-order chi connectivity index (χ1) is 42.1. The van der Waals surface area contributed by atoms with E-state index in [9.17, 15) is 0 Å². The Morgan fingerprint density at radius 1 is 0.375 bits per heavy atom. The quantitative estimate of drug-likeness (QED) is 0.147. The highest BCUT2D eigenvalue weighted by Gasteiger charge is 2.62. The average Bonchev–Trinajstić information content (AvgIpc) is 1.34. The molecular weight excluding hydrogens is 1060 g/mol. The molecule has 0 radical (unpaired) electrons. The molecule has 0 aromatic heterocycles. The Labute approximate surface area is 525 Å². The van der Waals surface area contributed by atoms with Crippen molar-refractivity contribution in [2.75, 3.05) is 14.7 Å². The predicted octanol–water partition coefficient (Wildman–Crippen LogP) is 20.6. The largest absolute Gasteiger partial charge is 0.334 e. The van der Waals surface area contributed by atoms with Crippen molar-refractivity contribution in [3.63, 3.8) is 0 Å². The molecule has 15 rings (SSSR count). The van der Waals surface area contributed by atoms with Gasteiger partial charge in [-0.1, -0.05) is 253 Å². The number of nitrogens with zero attached hydrogens (tertiary/aromatic N) is 3. The standard InChI is InChI=1S/C84H84BN3/c1-79(2,3)62-33-35-63(36-34-62)84-45-23-22-44-83(84,12)88(73-43-38-65(50-69(73)84)81(7,8)9)67-51-76-78-77(52-67)87(72-42-37-64(80(4,5)6)49-68(72)58-28-20-15-21-29-58)75-48-61-54-82(10,11)53-60(61)47-71(75)85(78)70-46-59(56-26-18-14-19-27-56)32-41-74(70)86(76)66-39-30-57(31-40-66)55-24-16-13-17-25-55/h13-21,24-43,46-52H,22-23,44-45,53-54H2,1-12H3. The van der Waals surface area contributed by atoms with E-state index in [2.05, 4.69) is 316 Å². The fourth-order valence-corrected chi connectivity index (χ4v) is 16.7. The molecule has 2 atom stereocenters. The molecular formula is C84H84BN3. The first kappa shape index (κ1) is 56.2. The predicted molar refractivity (Wildman–Crippen MR) is 377 cm³/mol. The van der Waals surface area contributed by atoms with E-state index in [-0.39, 0.29) is 39.3 Å². The van der Waals surface area contributed by atoms with E-state index in [1.807, 2.05) is 0 Å². The van der Waals surface area contributed by atoms with Crippen LogP contribution in [0, 0.1) is 5.41 Å². The Kier molecular flexibility index (Phi) is 12.8. The van der Waals surface area contributed by atoms with Crippen LogP contribution in [0.4, 0.5) is 45.5 Å². The summed E-state index contributed by atoms with van der Waals surface area (Å²) < 4.78 is 0. The van der Waals surface area contributed by atoms with E-state index in [4.69, 9.17) is 0 Å². The zero-order valence-corrected chi connectivity index (χ0v) is 53.9. The minimum Gasteiger partial charge on any atom is -0.334 e. The Morgan fingerprint density at radius 3 is 1.50 bits per heavy atom. The van der Waals surface area contributed by atoms with Gasteiger partial charge in [0.1, 0.15) is 0 Å². The van der Waals surface area contributed by atoms with Crippen LogP contribution in [0.3, 0.4) is 0 Å². The number of fused-ring (bicyclic) bond motifs is 8. The molecule has 10 aromatic rings. The minimum absolute atomic E-state index is 0.0388. The summed E-state index contributed by atoms with van der Waals surface area (Å²) in [5, 5.41) is 0. The van der Waals surface area contributed by atoms with Gasteiger partial charge in [-0.2, -0.15) is 0 Å². The van der Waals surface area contributed by atoms with Crippen molar-refractivity contribution in [2.45, 2.75) is 149 Å². The SMILES string of the molecule is CC1(C)Cc2cc3c(cc2C1)N(c1ccc(C(C)(C)C)cc1-c1ccccc1)c1cc(N2c4ccc(C(C)(C)C)cc4C4(c5ccc(C(C)(C)C)cc5)CCCCC24C)cc2c1B3c1cc(-c3ccccc3)ccc1N2c1ccc(-c2ccccc2)cc1. The summed E-state index contributed by atoms with van der Waals surface area (Å²) in [6.45, 7) is 28.8. The smallest absolute Gasteiger partial charge is 0.252 e. The molecule has 88 heavy (non-hydrogen) atoms. The third-order valence-corrected chi connectivity index (χ3v) is 21.2. The Morgan fingerprint density at radius 2 is 0.875 bits per heavy atom. The van der Waals surface area contributed by atoms with E-state index in [0.717, 1.165) is 37.8 Å². The minimum atomic E-state index is -0.333. The highest BCUT2D eigenvalue weighted by atomic mass is 15.3. The van der Waals surface area contributed by atoms with Crippen molar-refractivity contribution in [3.8, 4) is 33.4 Å². The highest BCUT2D eigenvalue weighted by Crippen LogP contribution is 2.65. The monoisotopic (exact) mass is 1150 g/mol. The molecule has 5 aliphatic rings. The van der Waals surface area contributed by atoms with E-state index < -0.39 is 0 Å². The van der Waals surface area contributed by atoms with Gasteiger partial charge < -0.3 is 14.7 Å². The van der Waals surface area contributed by atoms with Crippen molar-refractivity contribution in [3.05, 3.63) is 257 Å². The molecule has 2 unspecified atom stereocenters. The summed E-state index contributed by atoms with van der Waals surface area (Å²) >= 11 is 0. The Bertz CT molecular complexity index is 4370. The molecule has 10 aromatic carbocycles. The normalized spacial score (nSPS) is 19.0. The van der Waals surface area contributed by atoms with Gasteiger partial charge >= 0.3 is 0 Å². The Balaban J connectivity index is 1.08. The summed E-state index contributed by atoms with van der Waals surface area (Å²) in [4.78, 5) is 8.28. The van der Waals surface area contributed by atoms with Crippen LogP contribution in [0.1, 0.15) is 148 Å². The van der Waals surface area contributed by atoms with Crippen LogP contribution in [0.25, 0.3) is 33.4 Å². The summed E-state index contributed by atoms with van der Waals surface area (Å²) in [7, 11) is 0. The third kappa shape index (κ3) is 8.88. The van der Waals surface area contributed by atoms with Crippen LogP contribution < -0.4 is 31.1 Å². The number of benzene rings is 10. The van der Waals surface area contributed by atoms with Gasteiger partial charge in [0.15, 0.2) is 0 Å². The second kappa shape index (κ2) is 20.1. The maximum absolute atomic E-state index is 2.88. The van der Waals surface area contributed by atoms with E-state index in [0.29, 0.717) is 0 Å². The van der Waals surface area contributed by atoms with Crippen molar-refractivity contribution < 1.29 is 0 Å². The van der Waals surface area contributed by atoms with Gasteiger partial charge in [-0.05, 0) is 192 Å². The number of rotatable bonds is 7. The number of hydrogen-bond acceptors (Lipinski definition) is 3. The summed E-state index contributed by atoms with van der Waals surface area (Å²) in [6.07, 6.45) is 6.56. The number of anilines is 8. The van der Waals surface area contributed by atoms with Gasteiger partial charge in [0, 0.05) is 50.8 Å². The molecule has 438 valence electrons. The summed E-state index contributed by atoms with van der Waals surface area (Å²) in [5.74, 6) is 0. The van der Waals surface area contributed by atoms with Crippen molar-refractivity contribution in [1.29, 1.82) is 0 Å². The molecule has 0 N–H and O–H groups in total. The van der Waals surface area contributed by atoms with Crippen LogP contribution >= 0.6 is 0 Å². The summed E-state index contributed by atoms with van der Waals surface area (Å²) in [5.41, 5.74) is 30.7. The molecule has 3 heterocycles. The van der Waals surface area contributed by atoms with Crippen LogP contribution in [-0.4, -0.2) is 12.3 Å². The van der Waals surface area contributed by atoms with E-state index in [1.165, 1.54) is 135 Å². The topological polar surface area (TPSA) is 9.72 Å². The lowest BCUT2D eigenvalue weighted by atomic mass is 9.33. The molecule has 1 saturated carbocycles. The first-order valence-electron chi connectivity index (χ1n) is 32.6. The van der Waals surface area contributed by atoms with Gasteiger partial charge in [0.25, 0.3) is 6.71 Å². The highest BCUT2D eigenvalue weighted by molar-refractivity contribution is 7.00. The van der Waals surface area contributed by atoms with Gasteiger partial charge in [0.05, 0.1) is 11.2 Å². The Hall–Kier alpha value is -8.34. The molecule has 1 fully saturated rings. The zero-order chi connectivity index (χ0) is 60.9. The average molecular weight is 1150 g/mol. The van der Waals surface area contributed by atoms with Gasteiger partial charge in [-0.25, -0.2) is 0 Å². The van der Waals surface area contributed by atoms with Crippen molar-refractivity contribution >= 4 is 68.6 Å². The van der Waals surface area contributed by atoms with E-state index in [1.54, 1.807) is 0 Å². The van der Waals surface area contributed by atoms with Crippen molar-refractivity contribution in [2.24, 2.45) is 5.41 Å². The lowest BCUT2D eigenvalue weighted by molar-refractivity contribution is 0.215. The summed E-state index contributed by atoms with van der Waals surface area (Å²) in [6, 6.07) is 85.6. The maximum Gasteiger partial charge on any atom is 0.252 e. The fraction of sp³-hybridized carbons (Fsp3) is 0.286. The van der Waals surface area contributed by atoms with Crippen LogP contribution in [-0.2, 0) is 34.5 Å². The zero-order valence-electron chi connectivity index (χ0n) is 53.9. The van der Waals surface area contributed by atoms with Crippen LogP contribution in [0.15, 0.2) is 218 Å². The van der Waals surface area contributed by atoms with Crippen LogP contribution in [0.5, 0.6) is 0 Å². The molecule has 0 saturated heterocycles. The van der Waals surface area contributed by atoms with E-state index >= 15 is 0 Å². The second-order valence-corrected chi connectivity index (χ2v) is 30.6. The molecule has 4 heteroatoms. The third-order valence-electron chi connectivity index (χ3n) is 21.2. The van der Waals surface area contributed by atoms with Gasteiger partial charge in [-0.3, -0.25) is 0 Å². The van der Waals surface area contributed by atoms with Crippen molar-refractivity contribution in [1.82, 2.24) is 0 Å². The molecule has 2 aliphatic carbocycles. The lowest BCUT2D eigenvalue weighted by Crippen LogP contribution is -2.62. The van der Waals surface area contributed by atoms with Crippen LogP contribution in [0.2, 0.25) is 0 Å².